The molecule has 3 aromatic carbocycles. The van der Waals surface area contributed by atoms with Gasteiger partial charge in [-0.1, -0.05) is 60.1 Å². The SMILES string of the molecule is O=S(=O)(c1ccc(Cl)c2ccccc12)N1CCC(CN2CCc3ccccc3C2)CC1. The monoisotopic (exact) mass is 454 g/mol. The molecule has 0 saturated carbocycles. The Bertz CT molecular complexity index is 1200. The molecule has 2 heterocycles. The van der Waals surface area contributed by atoms with Gasteiger partial charge in [-0.3, -0.25) is 4.90 Å². The van der Waals surface area contributed by atoms with Crippen LogP contribution in [0.3, 0.4) is 0 Å². The lowest BCUT2D eigenvalue weighted by atomic mass is 9.94. The molecule has 2 aliphatic rings. The molecule has 0 unspecified atom stereocenters. The van der Waals surface area contributed by atoms with Gasteiger partial charge in [-0.15, -0.1) is 0 Å². The highest BCUT2D eigenvalue weighted by Gasteiger charge is 2.31. The molecule has 4 nitrogen and oxygen atoms in total. The number of hydrogen-bond acceptors (Lipinski definition) is 3. The Labute approximate surface area is 189 Å². The molecule has 31 heavy (non-hydrogen) atoms. The molecule has 0 atom stereocenters. The first-order valence-electron chi connectivity index (χ1n) is 11.0. The van der Waals surface area contributed by atoms with Crippen molar-refractivity contribution in [3.8, 4) is 0 Å². The van der Waals surface area contributed by atoms with Crippen LogP contribution in [-0.2, 0) is 23.0 Å². The van der Waals surface area contributed by atoms with E-state index in [4.69, 9.17) is 11.6 Å². The Morgan fingerprint density at radius 2 is 1.52 bits per heavy atom. The lowest BCUT2D eigenvalue weighted by molar-refractivity contribution is 0.171. The van der Waals surface area contributed by atoms with Crippen molar-refractivity contribution in [3.63, 3.8) is 0 Å². The molecule has 5 rings (SSSR count). The van der Waals surface area contributed by atoms with Gasteiger partial charge in [-0.05, 0) is 48.4 Å². The molecule has 0 N–H and O–H groups in total. The number of hydrogen-bond donors (Lipinski definition) is 0. The van der Waals surface area contributed by atoms with Crippen LogP contribution in [0.5, 0.6) is 0 Å². The molecule has 0 spiro atoms. The Morgan fingerprint density at radius 1 is 0.839 bits per heavy atom. The summed E-state index contributed by atoms with van der Waals surface area (Å²) in [7, 11) is -3.54. The molecule has 0 amide bonds. The summed E-state index contributed by atoms with van der Waals surface area (Å²) in [6.45, 7) is 4.30. The quantitative estimate of drug-likeness (QED) is 0.559. The molecule has 0 radical (unpaired) electrons. The highest BCUT2D eigenvalue weighted by molar-refractivity contribution is 7.89. The van der Waals surface area contributed by atoms with Crippen LogP contribution < -0.4 is 0 Å². The number of piperidine rings is 1. The van der Waals surface area contributed by atoms with Crippen molar-refractivity contribution in [1.29, 1.82) is 0 Å². The second kappa shape index (κ2) is 8.55. The molecular weight excluding hydrogens is 428 g/mol. The van der Waals surface area contributed by atoms with E-state index in [-0.39, 0.29) is 0 Å². The summed E-state index contributed by atoms with van der Waals surface area (Å²) < 4.78 is 28.5. The van der Waals surface area contributed by atoms with E-state index in [1.54, 1.807) is 16.4 Å². The van der Waals surface area contributed by atoms with Crippen LogP contribution in [0.2, 0.25) is 5.02 Å². The smallest absolute Gasteiger partial charge is 0.243 e. The van der Waals surface area contributed by atoms with Crippen molar-refractivity contribution in [2.45, 2.75) is 30.7 Å². The van der Waals surface area contributed by atoms with E-state index in [1.807, 2.05) is 24.3 Å². The maximum Gasteiger partial charge on any atom is 0.243 e. The third kappa shape index (κ3) is 4.12. The summed E-state index contributed by atoms with van der Waals surface area (Å²) in [5, 5.41) is 2.06. The average molecular weight is 455 g/mol. The van der Waals surface area contributed by atoms with E-state index in [0.717, 1.165) is 44.3 Å². The highest BCUT2D eigenvalue weighted by Crippen LogP contribution is 2.33. The fourth-order valence-electron chi connectivity index (χ4n) is 5.01. The molecule has 6 heteroatoms. The molecular formula is C25H27ClN2O2S. The van der Waals surface area contributed by atoms with Gasteiger partial charge in [-0.2, -0.15) is 4.31 Å². The third-order valence-corrected chi connectivity index (χ3v) is 9.03. The zero-order valence-corrected chi connectivity index (χ0v) is 19.1. The third-order valence-electron chi connectivity index (χ3n) is 6.75. The predicted octanol–water partition coefficient (Wildman–Crippen LogP) is 4.95. The van der Waals surface area contributed by atoms with Crippen LogP contribution in [0.4, 0.5) is 0 Å². The first-order valence-corrected chi connectivity index (χ1v) is 12.8. The second-order valence-corrected chi connectivity index (χ2v) is 11.0. The van der Waals surface area contributed by atoms with Gasteiger partial charge in [0, 0.05) is 48.5 Å². The fourth-order valence-corrected chi connectivity index (χ4v) is 6.90. The number of fused-ring (bicyclic) bond motifs is 2. The molecule has 3 aromatic rings. The summed E-state index contributed by atoms with van der Waals surface area (Å²) >= 11 is 6.30. The van der Waals surface area contributed by atoms with E-state index >= 15 is 0 Å². The van der Waals surface area contributed by atoms with Gasteiger partial charge in [-0.25, -0.2) is 8.42 Å². The minimum Gasteiger partial charge on any atom is -0.298 e. The van der Waals surface area contributed by atoms with Gasteiger partial charge in [0.2, 0.25) is 10.0 Å². The van der Waals surface area contributed by atoms with Crippen LogP contribution in [0.1, 0.15) is 24.0 Å². The maximum absolute atomic E-state index is 13.4. The van der Waals surface area contributed by atoms with Crippen molar-refractivity contribution in [3.05, 3.63) is 76.8 Å². The first-order chi connectivity index (χ1) is 15.0. The first kappa shape index (κ1) is 21.0. The van der Waals surface area contributed by atoms with Crippen LogP contribution >= 0.6 is 11.6 Å². The van der Waals surface area contributed by atoms with Gasteiger partial charge < -0.3 is 0 Å². The molecule has 1 saturated heterocycles. The number of rotatable bonds is 4. The van der Waals surface area contributed by atoms with Gasteiger partial charge in [0.25, 0.3) is 0 Å². The fraction of sp³-hybridized carbons (Fsp3) is 0.360. The summed E-state index contributed by atoms with van der Waals surface area (Å²) in [6, 6.07) is 19.5. The van der Waals surface area contributed by atoms with Crippen LogP contribution in [-0.4, -0.2) is 43.8 Å². The Hall–Kier alpha value is -1.92. The van der Waals surface area contributed by atoms with E-state index < -0.39 is 10.0 Å². The van der Waals surface area contributed by atoms with Crippen molar-refractivity contribution in [1.82, 2.24) is 9.21 Å². The normalized spacial score (nSPS) is 18.9. The topological polar surface area (TPSA) is 40.6 Å². The van der Waals surface area contributed by atoms with Crippen LogP contribution in [0.15, 0.2) is 65.6 Å². The zero-order chi connectivity index (χ0) is 21.4. The summed E-state index contributed by atoms with van der Waals surface area (Å²) in [5.74, 6) is 0.540. The van der Waals surface area contributed by atoms with E-state index in [1.165, 1.54) is 11.1 Å². The van der Waals surface area contributed by atoms with Gasteiger partial charge in [0.1, 0.15) is 0 Å². The highest BCUT2D eigenvalue weighted by atomic mass is 35.5. The number of nitrogens with zero attached hydrogens (tertiary/aromatic N) is 2. The van der Waals surface area contributed by atoms with Crippen LogP contribution in [0, 0.1) is 5.92 Å². The van der Waals surface area contributed by atoms with Crippen molar-refractivity contribution >= 4 is 32.4 Å². The predicted molar refractivity (Wildman–Crippen MR) is 126 cm³/mol. The molecule has 0 aromatic heterocycles. The molecule has 0 bridgehead atoms. The number of benzene rings is 3. The zero-order valence-electron chi connectivity index (χ0n) is 17.5. The lowest BCUT2D eigenvalue weighted by Gasteiger charge is -2.36. The minimum atomic E-state index is -3.54. The average Bonchev–Trinajstić information content (AvgIpc) is 2.80. The van der Waals surface area contributed by atoms with E-state index in [0.29, 0.717) is 34.3 Å². The van der Waals surface area contributed by atoms with Crippen LogP contribution in [0.25, 0.3) is 10.8 Å². The van der Waals surface area contributed by atoms with Crippen molar-refractivity contribution in [2.75, 3.05) is 26.2 Å². The lowest BCUT2D eigenvalue weighted by Crippen LogP contribution is -2.42. The Balaban J connectivity index is 1.26. The second-order valence-electron chi connectivity index (χ2n) is 8.69. The summed E-state index contributed by atoms with van der Waals surface area (Å²) in [4.78, 5) is 2.89. The molecule has 2 aliphatic heterocycles. The number of sulfonamides is 1. The van der Waals surface area contributed by atoms with Crippen molar-refractivity contribution < 1.29 is 8.42 Å². The van der Waals surface area contributed by atoms with Gasteiger partial charge >= 0.3 is 0 Å². The maximum atomic E-state index is 13.4. The number of halogens is 1. The summed E-state index contributed by atoms with van der Waals surface area (Å²) in [6.07, 6.45) is 2.92. The molecule has 0 aliphatic carbocycles. The van der Waals surface area contributed by atoms with E-state index in [9.17, 15) is 8.42 Å². The Morgan fingerprint density at radius 3 is 2.29 bits per heavy atom. The van der Waals surface area contributed by atoms with Crippen molar-refractivity contribution in [2.24, 2.45) is 5.92 Å². The standard InChI is InChI=1S/C25H27ClN2O2S/c26-24-9-10-25(23-8-4-3-7-22(23)24)31(29,30)28-15-11-19(12-16-28)17-27-14-13-20-5-1-2-6-21(20)18-27/h1-10,19H,11-18H2. The molecule has 162 valence electrons. The Kier molecular flexibility index (Phi) is 5.78. The van der Waals surface area contributed by atoms with Gasteiger partial charge in [0.15, 0.2) is 0 Å². The largest absolute Gasteiger partial charge is 0.298 e. The van der Waals surface area contributed by atoms with Gasteiger partial charge in [0.05, 0.1) is 4.90 Å². The minimum absolute atomic E-state index is 0.360. The molecule has 1 fully saturated rings. The summed E-state index contributed by atoms with van der Waals surface area (Å²) in [5.41, 5.74) is 2.90. The van der Waals surface area contributed by atoms with E-state index in [2.05, 4.69) is 29.2 Å².